The molecule has 0 fully saturated rings. The molecule has 17 heavy (non-hydrogen) atoms. The molecule has 0 saturated heterocycles. The Morgan fingerprint density at radius 2 is 1.82 bits per heavy atom. The number of carbonyl (C=O) groups is 1. The Morgan fingerprint density at radius 3 is 2.41 bits per heavy atom. The van der Waals surface area contributed by atoms with E-state index in [-0.39, 0.29) is 24.2 Å². The monoisotopic (exact) mass is 252 g/mol. The third-order valence-corrected chi connectivity index (χ3v) is 3.15. The number of carbonyl (C=O) groups excluding carboxylic acids is 1. The fraction of sp³-hybridized carbons (Fsp3) is 0.154. The lowest BCUT2D eigenvalue weighted by molar-refractivity contribution is -0.117. The lowest BCUT2D eigenvalue weighted by atomic mass is 10.0. The highest BCUT2D eigenvalue weighted by Crippen LogP contribution is 2.15. The summed E-state index contributed by atoms with van der Waals surface area (Å²) in [5.74, 6) is -1.51. The van der Waals surface area contributed by atoms with Crippen LogP contribution in [0.5, 0.6) is 0 Å². The minimum absolute atomic E-state index is 0.146. The molecule has 2 rings (SSSR count). The molecule has 2 aromatic rings. The molecule has 0 aliphatic rings. The van der Waals surface area contributed by atoms with Crippen LogP contribution in [0.25, 0.3) is 0 Å². The largest absolute Gasteiger partial charge is 0.299 e. The van der Waals surface area contributed by atoms with Crippen molar-refractivity contribution in [3.63, 3.8) is 0 Å². The number of hydrogen-bond donors (Lipinski definition) is 0. The van der Waals surface area contributed by atoms with Crippen LogP contribution >= 0.6 is 11.3 Å². The topological polar surface area (TPSA) is 17.1 Å². The molecule has 4 heteroatoms. The lowest BCUT2D eigenvalue weighted by Crippen LogP contribution is -2.09. The van der Waals surface area contributed by atoms with E-state index in [1.165, 1.54) is 17.4 Å². The molecule has 0 aliphatic carbocycles. The maximum absolute atomic E-state index is 13.3. The van der Waals surface area contributed by atoms with E-state index in [4.69, 9.17) is 0 Å². The van der Waals surface area contributed by atoms with Gasteiger partial charge in [-0.2, -0.15) is 11.3 Å². The van der Waals surface area contributed by atoms with Gasteiger partial charge in [0.25, 0.3) is 0 Å². The molecule has 0 atom stereocenters. The second-order valence-electron chi connectivity index (χ2n) is 3.72. The van der Waals surface area contributed by atoms with E-state index in [2.05, 4.69) is 0 Å². The number of thiophene rings is 1. The van der Waals surface area contributed by atoms with Crippen LogP contribution in [0.15, 0.2) is 35.0 Å². The molecule has 0 saturated carbocycles. The minimum atomic E-state index is -0.663. The van der Waals surface area contributed by atoms with Crippen molar-refractivity contribution in [1.82, 2.24) is 0 Å². The van der Waals surface area contributed by atoms with Crippen molar-refractivity contribution in [2.75, 3.05) is 0 Å². The van der Waals surface area contributed by atoms with E-state index in [0.717, 1.165) is 17.7 Å². The highest BCUT2D eigenvalue weighted by Gasteiger charge is 2.13. The van der Waals surface area contributed by atoms with Crippen LogP contribution in [0.2, 0.25) is 0 Å². The number of benzene rings is 1. The average Bonchev–Trinajstić information content (AvgIpc) is 2.76. The molecular formula is C13H10F2OS. The molecule has 1 nitrogen and oxygen atoms in total. The first-order valence-electron chi connectivity index (χ1n) is 5.12. The maximum atomic E-state index is 13.3. The summed E-state index contributed by atoms with van der Waals surface area (Å²) in [4.78, 5) is 11.7. The normalized spacial score (nSPS) is 10.5. The molecule has 0 aliphatic heterocycles. The molecule has 1 heterocycles. The van der Waals surface area contributed by atoms with E-state index in [1.807, 2.05) is 16.8 Å². The summed E-state index contributed by atoms with van der Waals surface area (Å²) in [7, 11) is 0. The first-order chi connectivity index (χ1) is 8.16. The van der Waals surface area contributed by atoms with E-state index in [1.54, 1.807) is 0 Å². The SMILES string of the molecule is O=C(Cc1ccsc1)Cc1c(F)cccc1F. The Morgan fingerprint density at radius 1 is 1.12 bits per heavy atom. The molecule has 0 N–H and O–H groups in total. The van der Waals surface area contributed by atoms with Crippen LogP contribution in [-0.4, -0.2) is 5.78 Å². The second kappa shape index (κ2) is 5.19. The number of hydrogen-bond acceptors (Lipinski definition) is 2. The fourth-order valence-corrected chi connectivity index (χ4v) is 2.25. The molecule has 0 bridgehead atoms. The Bertz CT molecular complexity index is 500. The molecule has 88 valence electrons. The molecule has 0 unspecified atom stereocenters. The molecular weight excluding hydrogens is 242 g/mol. The lowest BCUT2D eigenvalue weighted by Gasteiger charge is -2.03. The van der Waals surface area contributed by atoms with Crippen LogP contribution in [0, 0.1) is 11.6 Å². The Kier molecular flexibility index (Phi) is 3.64. The number of halogens is 2. The Hall–Kier alpha value is -1.55. The zero-order valence-corrected chi connectivity index (χ0v) is 9.77. The quantitative estimate of drug-likeness (QED) is 0.815. The number of ketones is 1. The van der Waals surface area contributed by atoms with Crippen LogP contribution in [-0.2, 0) is 17.6 Å². The molecule has 1 aromatic heterocycles. The number of rotatable bonds is 4. The van der Waals surface area contributed by atoms with Crippen molar-refractivity contribution < 1.29 is 13.6 Å². The zero-order chi connectivity index (χ0) is 12.3. The van der Waals surface area contributed by atoms with Gasteiger partial charge in [-0.25, -0.2) is 8.78 Å². The van der Waals surface area contributed by atoms with E-state index < -0.39 is 11.6 Å². The van der Waals surface area contributed by atoms with Crippen molar-refractivity contribution in [2.24, 2.45) is 0 Å². The second-order valence-corrected chi connectivity index (χ2v) is 4.50. The van der Waals surface area contributed by atoms with Crippen LogP contribution in [0.4, 0.5) is 8.78 Å². The Labute approximate surface area is 102 Å². The molecule has 0 spiro atoms. The highest BCUT2D eigenvalue weighted by molar-refractivity contribution is 7.07. The van der Waals surface area contributed by atoms with Gasteiger partial charge in [-0.05, 0) is 34.5 Å². The molecule has 1 aromatic carbocycles. The van der Waals surface area contributed by atoms with Crippen molar-refractivity contribution in [1.29, 1.82) is 0 Å². The summed E-state index contributed by atoms with van der Waals surface area (Å²) in [5, 5.41) is 3.72. The van der Waals surface area contributed by atoms with Gasteiger partial charge in [-0.1, -0.05) is 6.07 Å². The van der Waals surface area contributed by atoms with E-state index >= 15 is 0 Å². The van der Waals surface area contributed by atoms with E-state index in [9.17, 15) is 13.6 Å². The van der Waals surface area contributed by atoms with Gasteiger partial charge in [0.1, 0.15) is 17.4 Å². The smallest absolute Gasteiger partial charge is 0.141 e. The maximum Gasteiger partial charge on any atom is 0.141 e. The zero-order valence-electron chi connectivity index (χ0n) is 8.95. The Balaban J connectivity index is 2.08. The third-order valence-electron chi connectivity index (χ3n) is 2.42. The van der Waals surface area contributed by atoms with Crippen molar-refractivity contribution in [3.05, 3.63) is 57.8 Å². The van der Waals surface area contributed by atoms with Crippen LogP contribution in [0.3, 0.4) is 0 Å². The van der Waals surface area contributed by atoms with Crippen LogP contribution in [0.1, 0.15) is 11.1 Å². The summed E-state index contributed by atoms with van der Waals surface area (Å²) in [6.07, 6.45) is 0.0195. The van der Waals surface area contributed by atoms with Crippen LogP contribution < -0.4 is 0 Å². The van der Waals surface area contributed by atoms with Crippen molar-refractivity contribution >= 4 is 17.1 Å². The van der Waals surface area contributed by atoms with Gasteiger partial charge in [0.05, 0.1) is 0 Å². The average molecular weight is 252 g/mol. The predicted molar refractivity (Wildman–Crippen MR) is 63.1 cm³/mol. The van der Waals surface area contributed by atoms with Gasteiger partial charge in [0, 0.05) is 18.4 Å². The molecule has 0 amide bonds. The first kappa shape index (κ1) is 11.9. The van der Waals surface area contributed by atoms with Gasteiger partial charge in [-0.15, -0.1) is 0 Å². The summed E-state index contributed by atoms with van der Waals surface area (Å²) < 4.78 is 26.6. The van der Waals surface area contributed by atoms with E-state index in [0.29, 0.717) is 0 Å². The highest BCUT2D eigenvalue weighted by atomic mass is 32.1. The van der Waals surface area contributed by atoms with Gasteiger partial charge in [-0.3, -0.25) is 4.79 Å². The third kappa shape index (κ3) is 2.97. The van der Waals surface area contributed by atoms with Gasteiger partial charge < -0.3 is 0 Å². The van der Waals surface area contributed by atoms with Gasteiger partial charge >= 0.3 is 0 Å². The van der Waals surface area contributed by atoms with Crippen molar-refractivity contribution in [3.8, 4) is 0 Å². The predicted octanol–water partition coefficient (Wildman–Crippen LogP) is 3.38. The van der Waals surface area contributed by atoms with Crippen molar-refractivity contribution in [2.45, 2.75) is 12.8 Å². The summed E-state index contributed by atoms with van der Waals surface area (Å²) >= 11 is 1.49. The molecule has 0 radical (unpaired) electrons. The van der Waals surface area contributed by atoms with Gasteiger partial charge in [0.15, 0.2) is 0 Å². The fourth-order valence-electron chi connectivity index (χ4n) is 1.58. The summed E-state index contributed by atoms with van der Waals surface area (Å²) in [5.41, 5.74) is 0.740. The number of Topliss-reactive ketones (excluding diaryl/α,β-unsaturated/α-hetero) is 1. The summed E-state index contributed by atoms with van der Waals surface area (Å²) in [6, 6.07) is 5.45. The minimum Gasteiger partial charge on any atom is -0.299 e. The summed E-state index contributed by atoms with van der Waals surface area (Å²) in [6.45, 7) is 0. The first-order valence-corrected chi connectivity index (χ1v) is 6.07. The standard InChI is InChI=1S/C13H10F2OS/c14-12-2-1-3-13(15)11(12)7-10(16)6-9-4-5-17-8-9/h1-5,8H,6-7H2. The van der Waals surface area contributed by atoms with Gasteiger partial charge in [0.2, 0.25) is 0 Å².